The van der Waals surface area contributed by atoms with E-state index in [2.05, 4.69) is 65.1 Å². The van der Waals surface area contributed by atoms with Crippen molar-refractivity contribution in [3.05, 3.63) is 71.3 Å². The van der Waals surface area contributed by atoms with E-state index in [9.17, 15) is 4.79 Å². The Kier molecular flexibility index (Phi) is 8.71. The number of carbonyl (C=O) groups is 1. The number of hydrogen-bond acceptors (Lipinski definition) is 2. The fraction of sp³-hybridized carbons (Fsp3) is 0.417. The molecule has 0 unspecified atom stereocenters. The molecule has 2 rings (SSSR count). The van der Waals surface area contributed by atoms with E-state index >= 15 is 0 Å². The molecule has 0 heterocycles. The molecule has 0 aliphatic carbocycles. The van der Waals surface area contributed by atoms with Crippen molar-refractivity contribution in [3.63, 3.8) is 0 Å². The van der Waals surface area contributed by atoms with Gasteiger partial charge in [-0.1, -0.05) is 56.3 Å². The van der Waals surface area contributed by atoms with Crippen molar-refractivity contribution >= 4 is 11.9 Å². The summed E-state index contributed by atoms with van der Waals surface area (Å²) in [6.45, 7) is 6.06. The highest BCUT2D eigenvalue weighted by atomic mass is 16.1. The Hall–Kier alpha value is -2.82. The predicted octanol–water partition coefficient (Wildman–Crippen LogP) is 3.51. The van der Waals surface area contributed by atoms with E-state index in [-0.39, 0.29) is 11.3 Å². The van der Waals surface area contributed by atoms with Crippen molar-refractivity contribution in [2.45, 2.75) is 38.5 Å². The van der Waals surface area contributed by atoms with Gasteiger partial charge in [-0.05, 0) is 42.5 Å². The third-order valence-corrected chi connectivity index (χ3v) is 5.68. The number of hydrogen-bond donors (Lipinski definition) is 3. The summed E-state index contributed by atoms with van der Waals surface area (Å²) in [4.78, 5) is 16.2. The zero-order chi connectivity index (χ0) is 21.1. The first-order valence-corrected chi connectivity index (χ1v) is 10.4. The average Bonchev–Trinajstić information content (AvgIpc) is 2.79. The fourth-order valence-corrected chi connectivity index (χ4v) is 3.61. The van der Waals surface area contributed by atoms with Crippen LogP contribution in [0, 0.1) is 0 Å². The van der Waals surface area contributed by atoms with Crippen molar-refractivity contribution in [2.75, 3.05) is 27.2 Å². The molecule has 0 atom stereocenters. The van der Waals surface area contributed by atoms with Crippen LogP contribution < -0.4 is 16.0 Å². The van der Waals surface area contributed by atoms with Gasteiger partial charge in [0.1, 0.15) is 0 Å². The summed E-state index contributed by atoms with van der Waals surface area (Å²) < 4.78 is 0. The lowest BCUT2D eigenvalue weighted by atomic mass is 9.76. The largest absolute Gasteiger partial charge is 0.356 e. The first-order valence-electron chi connectivity index (χ1n) is 10.4. The van der Waals surface area contributed by atoms with E-state index in [0.29, 0.717) is 5.56 Å². The molecule has 0 saturated carbocycles. The van der Waals surface area contributed by atoms with Crippen LogP contribution in [0.25, 0.3) is 0 Å². The Morgan fingerprint density at radius 1 is 1.00 bits per heavy atom. The number of aliphatic imine (C=N–C) groups is 1. The maximum Gasteiger partial charge on any atom is 0.251 e. The minimum absolute atomic E-state index is 0.0614. The molecule has 0 fully saturated rings. The number of nitrogens with one attached hydrogen (secondary N) is 3. The Balaban J connectivity index is 1.93. The van der Waals surface area contributed by atoms with Gasteiger partial charge in [-0.25, -0.2) is 0 Å². The lowest BCUT2D eigenvalue weighted by Gasteiger charge is -2.33. The van der Waals surface area contributed by atoms with E-state index in [1.54, 1.807) is 14.1 Å². The Morgan fingerprint density at radius 2 is 1.72 bits per heavy atom. The summed E-state index contributed by atoms with van der Waals surface area (Å²) in [5, 5.41) is 9.57. The fourth-order valence-electron chi connectivity index (χ4n) is 3.61. The lowest BCUT2D eigenvalue weighted by molar-refractivity contribution is 0.0963. The van der Waals surface area contributed by atoms with Gasteiger partial charge in [0.25, 0.3) is 5.91 Å². The molecule has 1 amide bonds. The molecule has 0 saturated heterocycles. The first-order chi connectivity index (χ1) is 14.1. The van der Waals surface area contributed by atoms with Crippen molar-refractivity contribution < 1.29 is 4.79 Å². The SMILES string of the molecule is CCC(CC)(CNC(=NC)NCCc1cccc(C(=O)NC)c1)c1ccccc1. The summed E-state index contributed by atoms with van der Waals surface area (Å²) in [7, 11) is 3.44. The molecule has 2 aromatic rings. The summed E-state index contributed by atoms with van der Waals surface area (Å²) >= 11 is 0. The molecular formula is C24H34N4O. The van der Waals surface area contributed by atoms with Crippen LogP contribution in [0.15, 0.2) is 59.6 Å². The zero-order valence-corrected chi connectivity index (χ0v) is 18.1. The number of nitrogens with zero attached hydrogens (tertiary/aromatic N) is 1. The minimum atomic E-state index is -0.0614. The van der Waals surface area contributed by atoms with Gasteiger partial charge in [0.15, 0.2) is 5.96 Å². The smallest absolute Gasteiger partial charge is 0.251 e. The van der Waals surface area contributed by atoms with E-state index in [1.165, 1.54) is 5.56 Å². The molecule has 0 aliphatic heterocycles. The van der Waals surface area contributed by atoms with Gasteiger partial charge in [-0.2, -0.15) is 0 Å². The highest BCUT2D eigenvalue weighted by Crippen LogP contribution is 2.30. The van der Waals surface area contributed by atoms with Gasteiger partial charge in [0.2, 0.25) is 0 Å². The van der Waals surface area contributed by atoms with Crippen LogP contribution in [-0.2, 0) is 11.8 Å². The molecule has 0 spiro atoms. The van der Waals surface area contributed by atoms with Gasteiger partial charge in [-0.3, -0.25) is 9.79 Å². The summed E-state index contributed by atoms with van der Waals surface area (Å²) in [5.74, 6) is 0.739. The van der Waals surface area contributed by atoms with Gasteiger partial charge >= 0.3 is 0 Å². The molecule has 0 aromatic heterocycles. The molecule has 0 aliphatic rings. The van der Waals surface area contributed by atoms with Crippen LogP contribution in [0.2, 0.25) is 0 Å². The van der Waals surface area contributed by atoms with E-state index < -0.39 is 0 Å². The van der Waals surface area contributed by atoms with Gasteiger partial charge in [0.05, 0.1) is 0 Å². The molecule has 3 N–H and O–H groups in total. The number of benzene rings is 2. The summed E-state index contributed by atoms with van der Waals surface area (Å²) in [6, 6.07) is 18.4. The second-order valence-corrected chi connectivity index (χ2v) is 7.24. The third kappa shape index (κ3) is 6.08. The molecular weight excluding hydrogens is 360 g/mol. The molecule has 29 heavy (non-hydrogen) atoms. The number of rotatable bonds is 9. The number of amides is 1. The quantitative estimate of drug-likeness (QED) is 0.450. The van der Waals surface area contributed by atoms with Crippen LogP contribution in [0.1, 0.15) is 48.2 Å². The maximum atomic E-state index is 11.8. The summed E-state index contributed by atoms with van der Waals surface area (Å²) in [5.41, 5.74) is 3.25. The van der Waals surface area contributed by atoms with Crippen LogP contribution in [0.5, 0.6) is 0 Å². The summed E-state index contributed by atoms with van der Waals surface area (Å²) in [6.07, 6.45) is 2.94. The van der Waals surface area contributed by atoms with E-state index in [4.69, 9.17) is 0 Å². The molecule has 0 bridgehead atoms. The molecule has 5 nitrogen and oxygen atoms in total. The highest BCUT2D eigenvalue weighted by Gasteiger charge is 2.28. The molecule has 2 aromatic carbocycles. The Morgan fingerprint density at radius 3 is 2.34 bits per heavy atom. The number of guanidine groups is 1. The third-order valence-electron chi connectivity index (χ3n) is 5.68. The van der Waals surface area contributed by atoms with Crippen LogP contribution in [0.4, 0.5) is 0 Å². The van der Waals surface area contributed by atoms with Crippen molar-refractivity contribution in [2.24, 2.45) is 4.99 Å². The van der Waals surface area contributed by atoms with Gasteiger partial charge < -0.3 is 16.0 Å². The van der Waals surface area contributed by atoms with Crippen LogP contribution in [0.3, 0.4) is 0 Å². The Bertz CT molecular complexity index is 798. The van der Waals surface area contributed by atoms with Gasteiger partial charge in [0, 0.05) is 38.2 Å². The standard InChI is InChI=1S/C24H34N4O/c1-5-24(6-2,21-13-8-7-9-14-21)18-28-23(26-4)27-16-15-19-11-10-12-20(17-19)22(29)25-3/h7-14,17H,5-6,15-16,18H2,1-4H3,(H,25,29)(H2,26,27,28). The van der Waals surface area contributed by atoms with E-state index in [0.717, 1.165) is 43.9 Å². The van der Waals surface area contributed by atoms with E-state index in [1.807, 2.05) is 24.3 Å². The van der Waals surface area contributed by atoms with Crippen molar-refractivity contribution in [1.82, 2.24) is 16.0 Å². The number of carbonyl (C=O) groups excluding carboxylic acids is 1. The molecule has 0 radical (unpaired) electrons. The van der Waals surface area contributed by atoms with Crippen molar-refractivity contribution in [3.8, 4) is 0 Å². The zero-order valence-electron chi connectivity index (χ0n) is 18.1. The highest BCUT2D eigenvalue weighted by molar-refractivity contribution is 5.94. The second-order valence-electron chi connectivity index (χ2n) is 7.24. The maximum absolute atomic E-state index is 11.8. The normalized spacial score (nSPS) is 11.8. The van der Waals surface area contributed by atoms with Crippen LogP contribution >= 0.6 is 0 Å². The monoisotopic (exact) mass is 394 g/mol. The first kappa shape index (κ1) is 22.5. The second kappa shape index (κ2) is 11.2. The Labute approximate surface area is 175 Å². The molecule has 5 heteroatoms. The average molecular weight is 395 g/mol. The predicted molar refractivity (Wildman–Crippen MR) is 122 cm³/mol. The van der Waals surface area contributed by atoms with Crippen molar-refractivity contribution in [1.29, 1.82) is 0 Å². The minimum Gasteiger partial charge on any atom is -0.356 e. The lowest BCUT2D eigenvalue weighted by Crippen LogP contribution is -2.45. The molecule has 156 valence electrons. The topological polar surface area (TPSA) is 65.5 Å². The van der Waals surface area contributed by atoms with Gasteiger partial charge in [-0.15, -0.1) is 0 Å². The van der Waals surface area contributed by atoms with Crippen LogP contribution in [-0.4, -0.2) is 39.1 Å².